The molecule has 3 rings (SSSR count). The van der Waals surface area contributed by atoms with Crippen molar-refractivity contribution in [2.45, 2.75) is 37.8 Å². The number of rotatable bonds is 3. The molecule has 1 aliphatic carbocycles. The molecular formula is C11H16N4O2. The van der Waals surface area contributed by atoms with Crippen molar-refractivity contribution in [3.8, 4) is 0 Å². The molecule has 92 valence electrons. The third-order valence-corrected chi connectivity index (χ3v) is 3.89. The van der Waals surface area contributed by atoms with Crippen LogP contribution < -0.4 is 0 Å². The summed E-state index contributed by atoms with van der Waals surface area (Å²) in [4.78, 5) is 13.2. The van der Waals surface area contributed by atoms with Crippen LogP contribution in [0.1, 0.15) is 42.2 Å². The van der Waals surface area contributed by atoms with Crippen LogP contribution in [0.15, 0.2) is 6.20 Å². The van der Waals surface area contributed by atoms with Crippen molar-refractivity contribution >= 4 is 5.97 Å². The van der Waals surface area contributed by atoms with E-state index in [1.165, 1.54) is 25.5 Å². The van der Waals surface area contributed by atoms with Crippen LogP contribution in [0.25, 0.3) is 0 Å². The normalized spacial score (nSPS) is 26.0. The fourth-order valence-corrected chi connectivity index (χ4v) is 2.62. The van der Waals surface area contributed by atoms with E-state index in [1.54, 1.807) is 4.68 Å². The minimum absolute atomic E-state index is 0.0343. The second-order valence-corrected chi connectivity index (χ2v) is 4.91. The molecule has 0 bridgehead atoms. The molecule has 1 unspecified atom stereocenters. The molecule has 1 aromatic rings. The molecule has 2 fully saturated rings. The molecule has 0 spiro atoms. The number of likely N-dealkylation sites (tertiary alicyclic amines) is 1. The van der Waals surface area contributed by atoms with Gasteiger partial charge < -0.3 is 5.11 Å². The first-order chi connectivity index (χ1) is 8.24. The summed E-state index contributed by atoms with van der Waals surface area (Å²) in [5.41, 5.74) is 0.0343. The largest absolute Gasteiger partial charge is 0.476 e. The Morgan fingerprint density at radius 1 is 1.35 bits per heavy atom. The summed E-state index contributed by atoms with van der Waals surface area (Å²) < 4.78 is 1.71. The zero-order chi connectivity index (χ0) is 11.8. The summed E-state index contributed by atoms with van der Waals surface area (Å²) in [5.74, 6) is -1.01. The van der Waals surface area contributed by atoms with Gasteiger partial charge in [-0.05, 0) is 19.3 Å². The quantitative estimate of drug-likeness (QED) is 0.839. The summed E-state index contributed by atoms with van der Waals surface area (Å²) in [5, 5.41) is 16.4. The van der Waals surface area contributed by atoms with E-state index >= 15 is 0 Å². The average molecular weight is 236 g/mol. The number of hydrogen-bond acceptors (Lipinski definition) is 4. The Bertz CT molecular complexity index is 427. The van der Waals surface area contributed by atoms with Crippen LogP contribution >= 0.6 is 0 Å². The molecule has 6 nitrogen and oxygen atoms in total. The zero-order valence-electron chi connectivity index (χ0n) is 9.62. The van der Waals surface area contributed by atoms with E-state index in [0.29, 0.717) is 0 Å². The Kier molecular flexibility index (Phi) is 2.58. The molecule has 6 heteroatoms. The Labute approximate surface area is 99.2 Å². The SMILES string of the molecule is O=C(O)c1cn(C2CCN(C3CCC3)C2)nn1. The van der Waals surface area contributed by atoms with Gasteiger partial charge >= 0.3 is 5.97 Å². The van der Waals surface area contributed by atoms with Crippen LogP contribution in [0.4, 0.5) is 0 Å². The van der Waals surface area contributed by atoms with Crippen LogP contribution in [0.5, 0.6) is 0 Å². The van der Waals surface area contributed by atoms with Crippen LogP contribution in [-0.4, -0.2) is 50.1 Å². The first kappa shape index (κ1) is 10.7. The Morgan fingerprint density at radius 3 is 2.76 bits per heavy atom. The van der Waals surface area contributed by atoms with Crippen molar-refractivity contribution in [1.82, 2.24) is 19.9 Å². The molecule has 1 saturated heterocycles. The Balaban J connectivity index is 1.66. The van der Waals surface area contributed by atoms with Crippen molar-refractivity contribution in [1.29, 1.82) is 0 Å². The Hall–Kier alpha value is -1.43. The molecule has 17 heavy (non-hydrogen) atoms. The number of hydrogen-bond donors (Lipinski definition) is 1. The molecule has 1 atom stereocenters. The lowest BCUT2D eigenvalue weighted by Crippen LogP contribution is -2.38. The predicted octanol–water partition coefficient (Wildman–Crippen LogP) is 0.776. The maximum absolute atomic E-state index is 10.7. The number of carboxylic acid groups (broad SMARTS) is 1. The fourth-order valence-electron chi connectivity index (χ4n) is 2.62. The van der Waals surface area contributed by atoms with E-state index < -0.39 is 5.97 Å². The van der Waals surface area contributed by atoms with E-state index in [0.717, 1.165) is 25.6 Å². The average Bonchev–Trinajstić information content (AvgIpc) is 2.80. The van der Waals surface area contributed by atoms with E-state index in [9.17, 15) is 4.79 Å². The number of nitrogens with zero attached hydrogens (tertiary/aromatic N) is 4. The smallest absolute Gasteiger partial charge is 0.358 e. The van der Waals surface area contributed by atoms with Crippen LogP contribution in [-0.2, 0) is 0 Å². The van der Waals surface area contributed by atoms with Crippen molar-refractivity contribution in [3.63, 3.8) is 0 Å². The number of carboxylic acids is 1. The van der Waals surface area contributed by atoms with Crippen LogP contribution in [0, 0.1) is 0 Å². The van der Waals surface area contributed by atoms with Gasteiger partial charge in [0.05, 0.1) is 12.2 Å². The summed E-state index contributed by atoms with van der Waals surface area (Å²) in [7, 11) is 0. The van der Waals surface area contributed by atoms with Crippen molar-refractivity contribution in [3.05, 3.63) is 11.9 Å². The van der Waals surface area contributed by atoms with Gasteiger partial charge in [-0.15, -0.1) is 5.10 Å². The highest BCUT2D eigenvalue weighted by atomic mass is 16.4. The molecule has 2 aliphatic rings. The van der Waals surface area contributed by atoms with Gasteiger partial charge in [0.2, 0.25) is 0 Å². The van der Waals surface area contributed by atoms with E-state index in [1.807, 2.05) is 0 Å². The van der Waals surface area contributed by atoms with Crippen LogP contribution in [0.3, 0.4) is 0 Å². The topological polar surface area (TPSA) is 71.2 Å². The third kappa shape index (κ3) is 1.93. The fraction of sp³-hybridized carbons (Fsp3) is 0.727. The highest BCUT2D eigenvalue weighted by Crippen LogP contribution is 2.31. The first-order valence-electron chi connectivity index (χ1n) is 6.13. The molecule has 0 aromatic carbocycles. The zero-order valence-corrected chi connectivity index (χ0v) is 9.62. The van der Waals surface area contributed by atoms with Gasteiger partial charge in [0.1, 0.15) is 0 Å². The summed E-state index contributed by atoms with van der Waals surface area (Å²) in [6.07, 6.45) is 6.55. The molecule has 1 N–H and O–H groups in total. The maximum Gasteiger partial charge on any atom is 0.358 e. The Morgan fingerprint density at radius 2 is 2.18 bits per heavy atom. The van der Waals surface area contributed by atoms with E-state index in [4.69, 9.17) is 5.11 Å². The molecule has 0 radical (unpaired) electrons. The lowest BCUT2D eigenvalue weighted by atomic mass is 9.92. The van der Waals surface area contributed by atoms with Crippen molar-refractivity contribution < 1.29 is 9.90 Å². The minimum Gasteiger partial charge on any atom is -0.476 e. The van der Waals surface area contributed by atoms with Gasteiger partial charge in [-0.3, -0.25) is 4.90 Å². The van der Waals surface area contributed by atoms with Gasteiger partial charge in [0, 0.05) is 19.1 Å². The van der Waals surface area contributed by atoms with Crippen molar-refractivity contribution in [2.75, 3.05) is 13.1 Å². The first-order valence-corrected chi connectivity index (χ1v) is 6.13. The van der Waals surface area contributed by atoms with E-state index in [2.05, 4.69) is 15.2 Å². The number of carbonyl (C=O) groups is 1. The maximum atomic E-state index is 10.7. The lowest BCUT2D eigenvalue weighted by Gasteiger charge is -2.34. The molecule has 1 aromatic heterocycles. The standard InChI is InChI=1S/C11H16N4O2/c16-11(17)10-7-15(13-12-10)9-4-5-14(6-9)8-2-1-3-8/h7-9H,1-6H2,(H,16,17). The van der Waals surface area contributed by atoms with E-state index in [-0.39, 0.29) is 11.7 Å². The van der Waals surface area contributed by atoms with Gasteiger partial charge in [0.25, 0.3) is 0 Å². The number of aromatic carboxylic acids is 1. The van der Waals surface area contributed by atoms with Crippen LogP contribution in [0.2, 0.25) is 0 Å². The minimum atomic E-state index is -1.01. The summed E-state index contributed by atoms with van der Waals surface area (Å²) in [6, 6.07) is 1.04. The van der Waals surface area contributed by atoms with Gasteiger partial charge in [-0.1, -0.05) is 11.6 Å². The van der Waals surface area contributed by atoms with Crippen molar-refractivity contribution in [2.24, 2.45) is 0 Å². The molecule has 2 heterocycles. The highest BCUT2D eigenvalue weighted by Gasteiger charge is 2.32. The monoisotopic (exact) mass is 236 g/mol. The second-order valence-electron chi connectivity index (χ2n) is 4.91. The lowest BCUT2D eigenvalue weighted by molar-refractivity contribution is 0.0690. The summed E-state index contributed by atoms with van der Waals surface area (Å²) >= 11 is 0. The highest BCUT2D eigenvalue weighted by molar-refractivity contribution is 5.84. The third-order valence-electron chi connectivity index (χ3n) is 3.89. The van der Waals surface area contributed by atoms with Gasteiger partial charge in [-0.2, -0.15) is 0 Å². The molecular weight excluding hydrogens is 220 g/mol. The molecule has 1 aliphatic heterocycles. The molecule has 1 saturated carbocycles. The second kappa shape index (κ2) is 4.10. The van der Waals surface area contributed by atoms with Gasteiger partial charge in [-0.25, -0.2) is 9.48 Å². The predicted molar refractivity (Wildman–Crippen MR) is 59.8 cm³/mol. The molecule has 0 amide bonds. The number of aromatic nitrogens is 3. The summed E-state index contributed by atoms with van der Waals surface area (Å²) in [6.45, 7) is 2.07. The van der Waals surface area contributed by atoms with Gasteiger partial charge in [0.15, 0.2) is 5.69 Å².